The van der Waals surface area contributed by atoms with E-state index in [-0.39, 0.29) is 29.0 Å². The van der Waals surface area contributed by atoms with Gasteiger partial charge in [0.05, 0.1) is 18.8 Å². The second-order valence-electron chi connectivity index (χ2n) is 9.73. The van der Waals surface area contributed by atoms with E-state index in [1.807, 2.05) is 0 Å². The first-order valence-electron chi connectivity index (χ1n) is 10.4. The zero-order chi connectivity index (χ0) is 17.8. The van der Waals surface area contributed by atoms with E-state index < -0.39 is 0 Å². The maximum Gasteiger partial charge on any atom is 0.302 e. The molecule has 4 fully saturated rings. The van der Waals surface area contributed by atoms with Gasteiger partial charge in [-0.3, -0.25) is 4.79 Å². The lowest BCUT2D eigenvalue weighted by atomic mass is 9.44. The molecule has 4 aliphatic carbocycles. The molecule has 0 amide bonds. The van der Waals surface area contributed by atoms with E-state index in [1.165, 1.54) is 13.3 Å². The second kappa shape index (κ2) is 6.23. The first kappa shape index (κ1) is 17.8. The predicted octanol–water partition coefficient (Wildman–Crippen LogP) is 3.29. The van der Waals surface area contributed by atoms with E-state index in [4.69, 9.17) is 4.74 Å². The highest BCUT2D eigenvalue weighted by Crippen LogP contribution is 2.66. The Hall–Kier alpha value is -0.610. The summed E-state index contributed by atoms with van der Waals surface area (Å²) in [6, 6.07) is 0. The number of rotatable bonds is 2. The van der Waals surface area contributed by atoms with Gasteiger partial charge in [-0.25, -0.2) is 0 Å². The van der Waals surface area contributed by atoms with E-state index in [0.29, 0.717) is 30.3 Å². The number of ether oxygens (including phenoxy) is 1. The molecule has 2 N–H and O–H groups in total. The standard InChI is InChI=1S/C21H34O4/c1-13(22)25-12-21-10-7-15(23)11-14(21)3-4-16-17-5-6-19(24)20(17,2)9-8-18(16)21/h14-19,23-24H,3-12H2,1-2H3/t14-,15-,16-,17-,18-,19-,20-,21+/m0/s1. The summed E-state index contributed by atoms with van der Waals surface area (Å²) >= 11 is 0. The molecule has 4 heteroatoms. The third-order valence-corrected chi connectivity index (χ3v) is 8.83. The quantitative estimate of drug-likeness (QED) is 0.750. The van der Waals surface area contributed by atoms with Crippen LogP contribution in [0.2, 0.25) is 0 Å². The van der Waals surface area contributed by atoms with Crippen molar-refractivity contribution in [1.82, 2.24) is 0 Å². The molecule has 0 aromatic carbocycles. The average molecular weight is 350 g/mol. The van der Waals surface area contributed by atoms with Gasteiger partial charge in [-0.15, -0.1) is 0 Å². The fourth-order valence-corrected chi connectivity index (χ4v) is 7.52. The Balaban J connectivity index is 1.64. The van der Waals surface area contributed by atoms with Crippen LogP contribution in [0.1, 0.15) is 71.6 Å². The smallest absolute Gasteiger partial charge is 0.302 e. The van der Waals surface area contributed by atoms with E-state index in [2.05, 4.69) is 6.92 Å². The molecule has 4 saturated carbocycles. The van der Waals surface area contributed by atoms with Gasteiger partial charge in [-0.2, -0.15) is 0 Å². The lowest BCUT2D eigenvalue weighted by Gasteiger charge is -2.61. The maximum absolute atomic E-state index is 11.6. The molecular weight excluding hydrogens is 316 g/mol. The molecule has 0 saturated heterocycles. The van der Waals surface area contributed by atoms with Gasteiger partial charge in [0.15, 0.2) is 0 Å². The first-order valence-corrected chi connectivity index (χ1v) is 10.4. The number of carbonyl (C=O) groups is 1. The van der Waals surface area contributed by atoms with Gasteiger partial charge in [-0.05, 0) is 86.9 Å². The highest BCUT2D eigenvalue weighted by atomic mass is 16.5. The Morgan fingerprint density at radius 2 is 1.84 bits per heavy atom. The molecule has 0 heterocycles. The molecule has 0 bridgehead atoms. The van der Waals surface area contributed by atoms with Crippen molar-refractivity contribution in [1.29, 1.82) is 0 Å². The van der Waals surface area contributed by atoms with Crippen LogP contribution in [0.4, 0.5) is 0 Å². The van der Waals surface area contributed by atoms with Crippen molar-refractivity contribution >= 4 is 5.97 Å². The van der Waals surface area contributed by atoms with Crippen LogP contribution in [0.5, 0.6) is 0 Å². The van der Waals surface area contributed by atoms with Crippen LogP contribution >= 0.6 is 0 Å². The summed E-state index contributed by atoms with van der Waals surface area (Å²) in [4.78, 5) is 11.6. The number of aliphatic hydroxyl groups excluding tert-OH is 2. The van der Waals surface area contributed by atoms with Crippen LogP contribution in [0.3, 0.4) is 0 Å². The normalized spacial score (nSPS) is 52.0. The minimum atomic E-state index is -0.186. The van der Waals surface area contributed by atoms with Gasteiger partial charge in [0.25, 0.3) is 0 Å². The summed E-state index contributed by atoms with van der Waals surface area (Å²) in [5, 5.41) is 20.8. The highest BCUT2D eigenvalue weighted by molar-refractivity contribution is 5.65. The summed E-state index contributed by atoms with van der Waals surface area (Å²) in [6.45, 7) is 4.35. The van der Waals surface area contributed by atoms with E-state index in [0.717, 1.165) is 51.4 Å². The largest absolute Gasteiger partial charge is 0.465 e. The predicted molar refractivity (Wildman–Crippen MR) is 94.7 cm³/mol. The topological polar surface area (TPSA) is 66.8 Å². The van der Waals surface area contributed by atoms with Crippen LogP contribution in [0.25, 0.3) is 0 Å². The Morgan fingerprint density at radius 1 is 1.04 bits per heavy atom. The minimum absolute atomic E-state index is 0.0582. The summed E-state index contributed by atoms with van der Waals surface area (Å²) in [5.41, 5.74) is 0.146. The molecule has 0 aliphatic heterocycles. The number of hydrogen-bond acceptors (Lipinski definition) is 4. The molecule has 0 spiro atoms. The lowest BCUT2D eigenvalue weighted by Crippen LogP contribution is -2.57. The molecule has 142 valence electrons. The lowest BCUT2D eigenvalue weighted by molar-refractivity contribution is -0.176. The molecule has 0 radical (unpaired) electrons. The zero-order valence-corrected chi connectivity index (χ0v) is 15.7. The number of esters is 1. The number of carbonyl (C=O) groups excluding carboxylic acids is 1. The fourth-order valence-electron chi connectivity index (χ4n) is 7.52. The molecule has 0 unspecified atom stereocenters. The summed E-state index contributed by atoms with van der Waals surface area (Å²) < 4.78 is 5.61. The Morgan fingerprint density at radius 3 is 2.60 bits per heavy atom. The van der Waals surface area contributed by atoms with Crippen LogP contribution in [0, 0.1) is 34.5 Å². The van der Waals surface area contributed by atoms with Crippen LogP contribution in [-0.2, 0) is 9.53 Å². The van der Waals surface area contributed by atoms with E-state index >= 15 is 0 Å². The Labute approximate surface area is 151 Å². The second-order valence-corrected chi connectivity index (χ2v) is 9.73. The molecule has 4 aliphatic rings. The fraction of sp³-hybridized carbons (Fsp3) is 0.952. The van der Waals surface area contributed by atoms with Crippen molar-refractivity contribution in [2.75, 3.05) is 6.61 Å². The van der Waals surface area contributed by atoms with Crippen molar-refractivity contribution in [3.8, 4) is 0 Å². The number of hydrogen-bond donors (Lipinski definition) is 2. The first-order chi connectivity index (χ1) is 11.9. The van der Waals surface area contributed by atoms with Gasteiger partial charge >= 0.3 is 5.97 Å². The van der Waals surface area contributed by atoms with E-state index in [9.17, 15) is 15.0 Å². The SMILES string of the molecule is CC(=O)OC[C@]12CC[C@H](O)C[C@@H]1CC[C@H]1[C@@H]3CC[C@H](O)[C@@]3(C)CC[C@@H]12. The van der Waals surface area contributed by atoms with Gasteiger partial charge in [0.1, 0.15) is 0 Å². The van der Waals surface area contributed by atoms with Crippen LogP contribution < -0.4 is 0 Å². The zero-order valence-electron chi connectivity index (χ0n) is 15.7. The minimum Gasteiger partial charge on any atom is -0.465 e. The van der Waals surface area contributed by atoms with Crippen LogP contribution in [0.15, 0.2) is 0 Å². The van der Waals surface area contributed by atoms with Crippen LogP contribution in [-0.4, -0.2) is 35.0 Å². The monoisotopic (exact) mass is 350 g/mol. The molecule has 25 heavy (non-hydrogen) atoms. The summed E-state index contributed by atoms with van der Waals surface area (Å²) in [6.07, 6.45) is 9.06. The Bertz CT molecular complexity index is 534. The van der Waals surface area contributed by atoms with Crippen molar-refractivity contribution in [3.05, 3.63) is 0 Å². The van der Waals surface area contributed by atoms with Crippen molar-refractivity contribution in [2.45, 2.75) is 83.8 Å². The Kier molecular flexibility index (Phi) is 4.43. The average Bonchev–Trinajstić information content (AvgIpc) is 2.88. The molecule has 4 rings (SSSR count). The molecule has 8 atom stereocenters. The molecule has 4 nitrogen and oxygen atoms in total. The van der Waals surface area contributed by atoms with Gasteiger partial charge in [0.2, 0.25) is 0 Å². The van der Waals surface area contributed by atoms with Gasteiger partial charge < -0.3 is 14.9 Å². The third-order valence-electron chi connectivity index (χ3n) is 8.83. The maximum atomic E-state index is 11.6. The molecular formula is C21H34O4. The molecule has 0 aromatic heterocycles. The van der Waals surface area contributed by atoms with Gasteiger partial charge in [-0.1, -0.05) is 6.92 Å². The van der Waals surface area contributed by atoms with Crippen molar-refractivity contribution in [2.24, 2.45) is 34.5 Å². The summed E-state index contributed by atoms with van der Waals surface area (Å²) in [5.74, 6) is 2.15. The number of fused-ring (bicyclic) bond motifs is 5. The highest BCUT2D eigenvalue weighted by Gasteiger charge is 2.61. The third kappa shape index (κ3) is 2.66. The van der Waals surface area contributed by atoms with Gasteiger partial charge in [0, 0.05) is 12.3 Å². The van der Waals surface area contributed by atoms with Crippen molar-refractivity contribution < 1.29 is 19.7 Å². The van der Waals surface area contributed by atoms with Crippen molar-refractivity contribution in [3.63, 3.8) is 0 Å². The molecule has 0 aromatic rings. The van der Waals surface area contributed by atoms with E-state index in [1.54, 1.807) is 0 Å². The number of aliphatic hydroxyl groups is 2. The summed E-state index contributed by atoms with van der Waals surface area (Å²) in [7, 11) is 0.